The number of aromatic nitrogens is 4. The van der Waals surface area contributed by atoms with Gasteiger partial charge in [-0.15, -0.1) is 0 Å². The van der Waals surface area contributed by atoms with Crippen LogP contribution in [0, 0.1) is 11.6 Å². The standard InChI is InChI=1S/C26H22F5N7O5S/c1-14-11-32-8-9-37(14)23-21-19(34-13-35-23)7-6-18(36-21)15-10-20(24(42-2)33-12-15)38(43-25(39)26(29,30)31)44(40,41)22-16(27)4-3-5-17(22)28/h3-7,10,12-14,32H,8-9,11H2,1-2H3/t14-/m0/s1. The van der Waals surface area contributed by atoms with Gasteiger partial charge in [0.1, 0.15) is 23.5 Å². The fraction of sp³-hybridized carbons (Fsp3) is 0.269. The molecule has 12 nitrogen and oxygen atoms in total. The largest absolute Gasteiger partial charge is 0.493 e. The van der Waals surface area contributed by atoms with Crippen LogP contribution >= 0.6 is 0 Å². The highest BCUT2D eigenvalue weighted by Gasteiger charge is 2.46. The van der Waals surface area contributed by atoms with E-state index in [9.17, 15) is 35.2 Å². The van der Waals surface area contributed by atoms with Crippen LogP contribution in [0.2, 0.25) is 0 Å². The van der Waals surface area contributed by atoms with Gasteiger partial charge in [0.05, 0.1) is 18.3 Å². The number of benzene rings is 1. The molecular weight excluding hydrogens is 617 g/mol. The first-order valence-corrected chi connectivity index (χ1v) is 14.2. The monoisotopic (exact) mass is 639 g/mol. The molecular formula is C26H22F5N7O5S. The molecule has 1 fully saturated rings. The van der Waals surface area contributed by atoms with Crippen LogP contribution in [0.15, 0.2) is 53.8 Å². The van der Waals surface area contributed by atoms with Crippen LogP contribution < -0.4 is 19.4 Å². The number of alkyl halides is 3. The molecule has 0 saturated carbocycles. The normalized spacial score (nSPS) is 15.7. The molecule has 1 atom stereocenters. The maximum absolute atomic E-state index is 14.6. The van der Waals surface area contributed by atoms with E-state index in [1.807, 2.05) is 11.8 Å². The van der Waals surface area contributed by atoms with Gasteiger partial charge in [-0.3, -0.25) is 0 Å². The van der Waals surface area contributed by atoms with Crippen molar-refractivity contribution in [1.82, 2.24) is 25.3 Å². The summed E-state index contributed by atoms with van der Waals surface area (Å²) in [4.78, 5) is 33.6. The highest BCUT2D eigenvalue weighted by atomic mass is 32.2. The van der Waals surface area contributed by atoms with Gasteiger partial charge in [0.15, 0.2) is 16.4 Å². The van der Waals surface area contributed by atoms with E-state index in [1.54, 1.807) is 6.07 Å². The summed E-state index contributed by atoms with van der Waals surface area (Å²) in [7, 11) is -4.70. The molecule has 5 rings (SSSR count). The number of nitrogens with zero attached hydrogens (tertiary/aromatic N) is 6. The van der Waals surface area contributed by atoms with Crippen molar-refractivity contribution >= 4 is 38.5 Å². The Kier molecular flexibility index (Phi) is 8.21. The predicted octanol–water partition coefficient (Wildman–Crippen LogP) is 3.39. The second-order valence-corrected chi connectivity index (χ2v) is 11.1. The number of pyridine rings is 2. The second-order valence-electron chi connectivity index (χ2n) is 9.42. The van der Waals surface area contributed by atoms with Crippen molar-refractivity contribution in [1.29, 1.82) is 0 Å². The highest BCUT2D eigenvalue weighted by Crippen LogP contribution is 2.37. The zero-order valence-electron chi connectivity index (χ0n) is 22.8. The smallest absolute Gasteiger partial charge is 0.479 e. The van der Waals surface area contributed by atoms with Crippen molar-refractivity contribution in [2.75, 3.05) is 36.1 Å². The first-order chi connectivity index (χ1) is 20.8. The van der Waals surface area contributed by atoms with Gasteiger partial charge in [0.2, 0.25) is 5.88 Å². The van der Waals surface area contributed by atoms with E-state index < -0.39 is 54.7 Å². The van der Waals surface area contributed by atoms with Gasteiger partial charge >= 0.3 is 22.2 Å². The van der Waals surface area contributed by atoms with Gasteiger partial charge in [0.25, 0.3) is 0 Å². The van der Waals surface area contributed by atoms with Crippen molar-refractivity contribution in [2.45, 2.75) is 24.0 Å². The molecule has 0 aliphatic carbocycles. The summed E-state index contributed by atoms with van der Waals surface area (Å²) in [6.07, 6.45) is -3.16. The van der Waals surface area contributed by atoms with E-state index in [1.165, 1.54) is 12.4 Å². The highest BCUT2D eigenvalue weighted by molar-refractivity contribution is 7.92. The number of anilines is 2. The lowest BCUT2D eigenvalue weighted by Gasteiger charge is -2.35. The summed E-state index contributed by atoms with van der Waals surface area (Å²) in [5, 5.41) is 3.27. The summed E-state index contributed by atoms with van der Waals surface area (Å²) >= 11 is 0. The van der Waals surface area contributed by atoms with Gasteiger partial charge in [-0.1, -0.05) is 10.5 Å². The number of carbonyl (C=O) groups is 1. The molecule has 0 radical (unpaired) electrons. The van der Waals surface area contributed by atoms with E-state index >= 15 is 0 Å². The van der Waals surface area contributed by atoms with Crippen LogP contribution in [0.4, 0.5) is 33.5 Å². The quantitative estimate of drug-likeness (QED) is 0.235. The first-order valence-electron chi connectivity index (χ1n) is 12.7. The maximum atomic E-state index is 14.6. The summed E-state index contributed by atoms with van der Waals surface area (Å²) in [6, 6.07) is 5.99. The van der Waals surface area contributed by atoms with Crippen LogP contribution in [0.3, 0.4) is 0 Å². The lowest BCUT2D eigenvalue weighted by Crippen LogP contribution is -2.50. The Labute approximate surface area is 246 Å². The summed E-state index contributed by atoms with van der Waals surface area (Å²) in [6.45, 7) is 3.96. The zero-order valence-corrected chi connectivity index (χ0v) is 23.7. The van der Waals surface area contributed by atoms with E-state index in [2.05, 4.69) is 30.1 Å². The third-order valence-corrected chi connectivity index (χ3v) is 8.16. The Balaban J connectivity index is 1.68. The predicted molar refractivity (Wildman–Crippen MR) is 145 cm³/mol. The number of halogens is 5. The average Bonchev–Trinajstić information content (AvgIpc) is 2.98. The maximum Gasteiger partial charge on any atom is 0.493 e. The van der Waals surface area contributed by atoms with Gasteiger partial charge in [-0.25, -0.2) is 33.5 Å². The Morgan fingerprint density at radius 2 is 1.84 bits per heavy atom. The summed E-state index contributed by atoms with van der Waals surface area (Å²) in [5.41, 5.74) is 0.0434. The van der Waals surface area contributed by atoms with Crippen LogP contribution in [-0.4, -0.2) is 73.3 Å². The zero-order chi connectivity index (χ0) is 31.8. The number of piperazine rings is 1. The molecule has 4 heterocycles. The third kappa shape index (κ3) is 5.77. The number of hydrogen-bond donors (Lipinski definition) is 1. The van der Waals surface area contributed by atoms with Crippen molar-refractivity contribution in [2.24, 2.45) is 0 Å². The van der Waals surface area contributed by atoms with Gasteiger partial charge in [0, 0.05) is 37.4 Å². The van der Waals surface area contributed by atoms with Crippen molar-refractivity contribution < 1.29 is 44.7 Å². The number of hydrogen-bond acceptors (Lipinski definition) is 11. The number of rotatable bonds is 7. The Bertz CT molecular complexity index is 1820. The topological polar surface area (TPSA) is 140 Å². The molecule has 1 saturated heterocycles. The Morgan fingerprint density at radius 1 is 1.11 bits per heavy atom. The Morgan fingerprint density at radius 3 is 2.50 bits per heavy atom. The number of carbonyl (C=O) groups excluding carboxylic acids is 1. The molecule has 1 aromatic carbocycles. The van der Waals surface area contributed by atoms with E-state index in [4.69, 9.17) is 4.74 Å². The molecule has 3 aromatic heterocycles. The molecule has 0 spiro atoms. The number of ether oxygens (including phenoxy) is 1. The van der Waals surface area contributed by atoms with Gasteiger partial charge in [-0.2, -0.15) is 21.6 Å². The average molecular weight is 640 g/mol. The minimum Gasteiger partial charge on any atom is -0.479 e. The minimum absolute atomic E-state index is 0.00289. The van der Waals surface area contributed by atoms with Crippen LogP contribution in [0.25, 0.3) is 22.3 Å². The van der Waals surface area contributed by atoms with Crippen LogP contribution in [0.5, 0.6) is 5.88 Å². The molecule has 1 aliphatic rings. The number of nitrogens with one attached hydrogen (secondary N) is 1. The van der Waals surface area contributed by atoms with Crippen LogP contribution in [0.1, 0.15) is 6.92 Å². The van der Waals surface area contributed by atoms with Crippen molar-refractivity contribution in [3.8, 4) is 17.1 Å². The van der Waals surface area contributed by atoms with Gasteiger partial charge in [-0.05, 0) is 37.3 Å². The molecule has 232 valence electrons. The minimum atomic E-state index is -5.70. The third-order valence-electron chi connectivity index (χ3n) is 6.55. The molecule has 1 aliphatic heterocycles. The number of fused-ring (bicyclic) bond motifs is 1. The lowest BCUT2D eigenvalue weighted by molar-refractivity contribution is -0.199. The molecule has 0 bridgehead atoms. The molecule has 0 unspecified atom stereocenters. The molecule has 4 aromatic rings. The number of sulfonamides is 1. The summed E-state index contributed by atoms with van der Waals surface area (Å²) in [5.74, 6) is -6.48. The molecule has 18 heteroatoms. The SMILES string of the molecule is COc1ncc(-c2ccc3ncnc(N4CCNC[C@@H]4C)c3n2)cc1N(OC(=O)C(F)(F)F)S(=O)(=O)c1c(F)cccc1F. The fourth-order valence-electron chi connectivity index (χ4n) is 4.49. The molecule has 44 heavy (non-hydrogen) atoms. The molecule has 1 N–H and O–H groups in total. The van der Waals surface area contributed by atoms with Crippen LogP contribution in [-0.2, 0) is 19.7 Å². The van der Waals surface area contributed by atoms with E-state index in [0.29, 0.717) is 48.6 Å². The van der Waals surface area contributed by atoms with Crippen molar-refractivity contribution in [3.05, 3.63) is 60.6 Å². The van der Waals surface area contributed by atoms with Gasteiger partial charge < -0.3 is 19.8 Å². The first kappa shape index (κ1) is 30.7. The Hall–Kier alpha value is -4.71. The van der Waals surface area contributed by atoms with E-state index in [0.717, 1.165) is 25.4 Å². The lowest BCUT2D eigenvalue weighted by atomic mass is 10.1. The van der Waals surface area contributed by atoms with Crippen molar-refractivity contribution in [3.63, 3.8) is 0 Å². The molecule has 0 amide bonds. The summed E-state index contributed by atoms with van der Waals surface area (Å²) < 4.78 is 100. The number of methoxy groups -OCH3 is 1. The fourth-order valence-corrected chi connectivity index (χ4v) is 5.84. The van der Waals surface area contributed by atoms with E-state index in [-0.39, 0.29) is 17.3 Å². The second kappa shape index (κ2) is 11.8.